The molecule has 0 radical (unpaired) electrons. The summed E-state index contributed by atoms with van der Waals surface area (Å²) in [6.07, 6.45) is 4.63. The normalized spacial score (nSPS) is 14.4. The predicted octanol–water partition coefficient (Wildman–Crippen LogP) is 2.76. The van der Waals surface area contributed by atoms with Crippen LogP contribution >= 0.6 is 11.3 Å². The second-order valence-electron chi connectivity index (χ2n) is 6.55. The van der Waals surface area contributed by atoms with E-state index in [1.807, 2.05) is 0 Å². The molecule has 4 rings (SSSR count). The molecule has 1 aliphatic rings. The third-order valence-electron chi connectivity index (χ3n) is 4.52. The molecule has 3 heterocycles. The summed E-state index contributed by atoms with van der Waals surface area (Å²) in [5, 5.41) is 3.09. The van der Waals surface area contributed by atoms with Crippen molar-refractivity contribution in [3.63, 3.8) is 0 Å². The van der Waals surface area contributed by atoms with Crippen molar-refractivity contribution in [3.8, 4) is 0 Å². The molecule has 0 unspecified atom stereocenters. The van der Waals surface area contributed by atoms with E-state index in [4.69, 9.17) is 0 Å². The van der Waals surface area contributed by atoms with Gasteiger partial charge in [0.15, 0.2) is 10.8 Å². The topological polar surface area (TPSA) is 80.1 Å². The molecule has 1 amide bonds. The molecule has 28 heavy (non-hydrogen) atoms. The molecule has 1 saturated heterocycles. The van der Waals surface area contributed by atoms with Gasteiger partial charge >= 0.3 is 0 Å². The number of carbonyl (C=O) groups excluding carboxylic acids is 1. The molecule has 0 saturated carbocycles. The van der Waals surface area contributed by atoms with Gasteiger partial charge in [-0.15, -0.1) is 0 Å². The molecule has 0 aliphatic carbocycles. The summed E-state index contributed by atoms with van der Waals surface area (Å²) in [6.45, 7) is 1.47. The van der Waals surface area contributed by atoms with E-state index >= 15 is 0 Å². The number of halogens is 2. The van der Waals surface area contributed by atoms with Gasteiger partial charge in [0.1, 0.15) is 29.2 Å². The Labute approximate surface area is 162 Å². The number of fused-ring (bicyclic) bond motifs is 1. The van der Waals surface area contributed by atoms with Gasteiger partial charge < -0.3 is 10.2 Å². The molecule has 0 atom stereocenters. The van der Waals surface area contributed by atoms with Gasteiger partial charge in [-0.3, -0.25) is 14.2 Å². The molecule has 1 aromatic carbocycles. The number of carbonyl (C=O) groups is 1. The van der Waals surface area contributed by atoms with Crippen molar-refractivity contribution in [2.24, 2.45) is 0 Å². The average Bonchev–Trinajstić information content (AvgIpc) is 3.12. The lowest BCUT2D eigenvalue weighted by molar-refractivity contribution is -0.116. The van der Waals surface area contributed by atoms with Gasteiger partial charge in [-0.1, -0.05) is 11.3 Å². The van der Waals surface area contributed by atoms with Gasteiger partial charge in [-0.2, -0.15) is 4.98 Å². The molecule has 1 N–H and O–H groups in total. The predicted molar refractivity (Wildman–Crippen MR) is 103 cm³/mol. The SMILES string of the molecule is O=C(Cn1cnc2nc(N3CCCCC3)sc2c1=O)Nc1ccc(F)cc1F. The van der Waals surface area contributed by atoms with E-state index in [0.29, 0.717) is 16.4 Å². The van der Waals surface area contributed by atoms with Crippen LogP contribution in [-0.2, 0) is 11.3 Å². The van der Waals surface area contributed by atoms with Crippen LogP contribution in [0.5, 0.6) is 0 Å². The minimum Gasteiger partial charge on any atom is -0.348 e. The monoisotopic (exact) mass is 405 g/mol. The second kappa shape index (κ2) is 7.63. The van der Waals surface area contributed by atoms with Crippen LogP contribution in [0.1, 0.15) is 19.3 Å². The van der Waals surface area contributed by atoms with Crippen LogP contribution in [-0.4, -0.2) is 33.5 Å². The number of amides is 1. The molecule has 146 valence electrons. The largest absolute Gasteiger partial charge is 0.348 e. The first-order valence-corrected chi connectivity index (χ1v) is 9.69. The molecular weight excluding hydrogens is 388 g/mol. The lowest BCUT2D eigenvalue weighted by atomic mass is 10.1. The number of piperidine rings is 1. The number of anilines is 2. The summed E-state index contributed by atoms with van der Waals surface area (Å²) in [5.41, 5.74) is -0.170. The zero-order chi connectivity index (χ0) is 19.7. The number of benzene rings is 1. The zero-order valence-electron chi connectivity index (χ0n) is 14.8. The van der Waals surface area contributed by atoms with E-state index in [2.05, 4.69) is 20.2 Å². The molecule has 0 spiro atoms. The van der Waals surface area contributed by atoms with Gasteiger partial charge in [0, 0.05) is 19.2 Å². The molecular formula is C18H17F2N5O2S. The third kappa shape index (κ3) is 3.72. The molecule has 3 aromatic rings. The van der Waals surface area contributed by atoms with E-state index < -0.39 is 17.5 Å². The van der Waals surface area contributed by atoms with Crippen LogP contribution in [0.4, 0.5) is 19.6 Å². The minimum atomic E-state index is -0.886. The number of thiazole rings is 1. The quantitative estimate of drug-likeness (QED) is 0.722. The summed E-state index contributed by atoms with van der Waals surface area (Å²) < 4.78 is 28.2. The van der Waals surface area contributed by atoms with E-state index in [0.717, 1.165) is 47.8 Å². The molecule has 2 aromatic heterocycles. The Kier molecular flexibility index (Phi) is 5.03. The number of nitrogens with one attached hydrogen (secondary N) is 1. The molecule has 0 bridgehead atoms. The van der Waals surface area contributed by atoms with E-state index in [-0.39, 0.29) is 17.8 Å². The van der Waals surface area contributed by atoms with E-state index in [1.165, 1.54) is 24.1 Å². The zero-order valence-corrected chi connectivity index (χ0v) is 15.6. The number of nitrogens with zero attached hydrogens (tertiary/aromatic N) is 4. The van der Waals surface area contributed by atoms with Crippen molar-refractivity contribution in [2.75, 3.05) is 23.3 Å². The third-order valence-corrected chi connectivity index (χ3v) is 5.61. The molecule has 7 nitrogen and oxygen atoms in total. The van der Waals surface area contributed by atoms with Gasteiger partial charge in [-0.25, -0.2) is 13.8 Å². The van der Waals surface area contributed by atoms with Crippen LogP contribution in [0, 0.1) is 11.6 Å². The molecule has 1 fully saturated rings. The van der Waals surface area contributed by atoms with Crippen molar-refractivity contribution in [2.45, 2.75) is 25.8 Å². The maximum atomic E-state index is 13.7. The number of hydrogen-bond donors (Lipinski definition) is 1. The molecule has 1 aliphatic heterocycles. The van der Waals surface area contributed by atoms with Crippen LogP contribution in [0.2, 0.25) is 0 Å². The first-order valence-electron chi connectivity index (χ1n) is 8.87. The first kappa shape index (κ1) is 18.5. The Morgan fingerprint density at radius 1 is 1.21 bits per heavy atom. The highest BCUT2D eigenvalue weighted by Crippen LogP contribution is 2.27. The van der Waals surface area contributed by atoms with Crippen LogP contribution in [0.25, 0.3) is 10.3 Å². The standard InChI is InChI=1S/C18H17F2N5O2S/c19-11-4-5-13(12(20)8-11)22-14(26)9-25-10-21-16-15(17(25)27)28-18(23-16)24-6-2-1-3-7-24/h4-5,8,10H,1-3,6-7,9H2,(H,22,26). The summed E-state index contributed by atoms with van der Waals surface area (Å²) in [4.78, 5) is 35.6. The summed E-state index contributed by atoms with van der Waals surface area (Å²) in [5.74, 6) is -2.24. The fourth-order valence-electron chi connectivity index (χ4n) is 3.10. The first-order chi connectivity index (χ1) is 13.5. The Hall–Kier alpha value is -2.88. The van der Waals surface area contributed by atoms with Gasteiger partial charge in [-0.05, 0) is 31.4 Å². The van der Waals surface area contributed by atoms with E-state index in [9.17, 15) is 18.4 Å². The van der Waals surface area contributed by atoms with E-state index in [1.54, 1.807) is 0 Å². The molecule has 10 heteroatoms. The fraction of sp³-hybridized carbons (Fsp3) is 0.333. The highest BCUT2D eigenvalue weighted by atomic mass is 32.1. The summed E-state index contributed by atoms with van der Waals surface area (Å²) in [7, 11) is 0. The summed E-state index contributed by atoms with van der Waals surface area (Å²) in [6, 6.07) is 2.84. The van der Waals surface area contributed by atoms with Gasteiger partial charge in [0.05, 0.1) is 5.69 Å². The lowest BCUT2D eigenvalue weighted by Gasteiger charge is -2.25. The second-order valence-corrected chi connectivity index (χ2v) is 7.52. The van der Waals surface area contributed by atoms with Crippen molar-refractivity contribution in [1.29, 1.82) is 0 Å². The highest BCUT2D eigenvalue weighted by Gasteiger charge is 2.18. The average molecular weight is 405 g/mol. The van der Waals surface area contributed by atoms with Gasteiger partial charge in [0.2, 0.25) is 5.91 Å². The van der Waals surface area contributed by atoms with Crippen LogP contribution < -0.4 is 15.8 Å². The number of aromatic nitrogens is 3. The van der Waals surface area contributed by atoms with Crippen LogP contribution in [0.15, 0.2) is 29.3 Å². The Morgan fingerprint density at radius 2 is 2.00 bits per heavy atom. The van der Waals surface area contributed by atoms with Gasteiger partial charge in [0.25, 0.3) is 5.56 Å². The van der Waals surface area contributed by atoms with Crippen molar-refractivity contribution in [1.82, 2.24) is 14.5 Å². The summed E-state index contributed by atoms with van der Waals surface area (Å²) >= 11 is 1.27. The lowest BCUT2D eigenvalue weighted by Crippen LogP contribution is -2.29. The Bertz CT molecular complexity index is 1090. The maximum Gasteiger partial charge on any atom is 0.273 e. The maximum absolute atomic E-state index is 13.7. The minimum absolute atomic E-state index is 0.154. The fourth-order valence-corrected chi connectivity index (χ4v) is 4.12. The van der Waals surface area contributed by atoms with Crippen molar-refractivity contribution in [3.05, 3.63) is 46.5 Å². The highest BCUT2D eigenvalue weighted by molar-refractivity contribution is 7.22. The van der Waals surface area contributed by atoms with Crippen molar-refractivity contribution >= 4 is 38.4 Å². The number of hydrogen-bond acceptors (Lipinski definition) is 6. The Morgan fingerprint density at radius 3 is 2.75 bits per heavy atom. The van der Waals surface area contributed by atoms with Crippen LogP contribution in [0.3, 0.4) is 0 Å². The van der Waals surface area contributed by atoms with Crippen molar-refractivity contribution < 1.29 is 13.6 Å². The smallest absolute Gasteiger partial charge is 0.273 e. The number of rotatable bonds is 4. The Balaban J connectivity index is 1.54.